The van der Waals surface area contributed by atoms with Gasteiger partial charge in [0, 0.05) is 35.2 Å². The van der Waals surface area contributed by atoms with Gasteiger partial charge in [-0.1, -0.05) is 36.4 Å². The molecule has 0 saturated carbocycles. The molecule has 0 bridgehead atoms. The summed E-state index contributed by atoms with van der Waals surface area (Å²) in [5.41, 5.74) is 4.72. The Bertz CT molecular complexity index is 858. The van der Waals surface area contributed by atoms with Crippen molar-refractivity contribution in [3.8, 4) is 0 Å². The van der Waals surface area contributed by atoms with Crippen molar-refractivity contribution in [2.24, 2.45) is 0 Å². The number of hydrogen-bond donors (Lipinski definition) is 1. The van der Waals surface area contributed by atoms with Gasteiger partial charge in [-0.15, -0.1) is 0 Å². The Morgan fingerprint density at radius 1 is 1.00 bits per heavy atom. The van der Waals surface area contributed by atoms with Crippen LogP contribution >= 0.6 is 0 Å². The van der Waals surface area contributed by atoms with Crippen molar-refractivity contribution in [2.45, 2.75) is 25.7 Å². The van der Waals surface area contributed by atoms with Crippen molar-refractivity contribution in [3.05, 3.63) is 71.4 Å². The Morgan fingerprint density at radius 2 is 1.67 bits per heavy atom. The van der Waals surface area contributed by atoms with Gasteiger partial charge in [-0.2, -0.15) is 0 Å². The Balaban J connectivity index is 1.52. The molecule has 0 unspecified atom stereocenters. The van der Waals surface area contributed by atoms with E-state index in [1.165, 1.54) is 22.2 Å². The number of amides is 1. The largest absolute Gasteiger partial charge is 0.358 e. The van der Waals surface area contributed by atoms with E-state index >= 15 is 0 Å². The Hall–Kier alpha value is -2.55. The van der Waals surface area contributed by atoms with Crippen molar-refractivity contribution < 1.29 is 4.79 Å². The first-order chi connectivity index (χ1) is 11.7. The number of carbonyl (C=O) groups is 1. The number of piperidine rings is 1. The predicted octanol–water partition coefficient (Wildman–Crippen LogP) is 4.50. The van der Waals surface area contributed by atoms with Crippen LogP contribution in [0.5, 0.6) is 0 Å². The maximum atomic E-state index is 12.6. The number of likely N-dealkylation sites (tertiary alicyclic amines) is 1. The lowest BCUT2D eigenvalue weighted by Gasteiger charge is -2.32. The molecule has 0 aliphatic carbocycles. The molecule has 1 aromatic heterocycles. The summed E-state index contributed by atoms with van der Waals surface area (Å²) in [7, 11) is 0. The molecule has 3 nitrogen and oxygen atoms in total. The van der Waals surface area contributed by atoms with Crippen molar-refractivity contribution in [2.75, 3.05) is 13.1 Å². The van der Waals surface area contributed by atoms with Gasteiger partial charge < -0.3 is 9.88 Å². The number of hydrogen-bond acceptors (Lipinski definition) is 1. The number of nitrogens with zero attached hydrogens (tertiary/aromatic N) is 1. The van der Waals surface area contributed by atoms with Gasteiger partial charge in [0.2, 0.25) is 0 Å². The summed E-state index contributed by atoms with van der Waals surface area (Å²) >= 11 is 0. The second-order valence-corrected chi connectivity index (χ2v) is 6.64. The van der Waals surface area contributed by atoms with Gasteiger partial charge in [0.1, 0.15) is 0 Å². The molecule has 3 aromatic rings. The molecule has 1 saturated heterocycles. The molecule has 1 fully saturated rings. The van der Waals surface area contributed by atoms with E-state index in [1.807, 2.05) is 35.2 Å². The lowest BCUT2D eigenvalue weighted by Crippen LogP contribution is -2.38. The second kappa shape index (κ2) is 6.16. The molecule has 3 heteroatoms. The number of aryl methyl sites for hydroxylation is 1. The van der Waals surface area contributed by atoms with Crippen LogP contribution in [0, 0.1) is 6.92 Å². The summed E-state index contributed by atoms with van der Waals surface area (Å²) in [4.78, 5) is 18.1. The number of benzene rings is 2. The molecule has 1 N–H and O–H groups in total. The average molecular weight is 318 g/mol. The quantitative estimate of drug-likeness (QED) is 0.742. The Labute approximate surface area is 142 Å². The van der Waals surface area contributed by atoms with E-state index in [-0.39, 0.29) is 5.91 Å². The number of para-hydroxylation sites is 1. The first-order valence-electron chi connectivity index (χ1n) is 8.65. The number of fused-ring (bicyclic) bond motifs is 1. The third-order valence-corrected chi connectivity index (χ3v) is 5.15. The third kappa shape index (κ3) is 2.60. The second-order valence-electron chi connectivity index (χ2n) is 6.64. The predicted molar refractivity (Wildman–Crippen MR) is 97.4 cm³/mol. The van der Waals surface area contributed by atoms with E-state index in [9.17, 15) is 4.79 Å². The van der Waals surface area contributed by atoms with Gasteiger partial charge >= 0.3 is 0 Å². The fraction of sp³-hybridized carbons (Fsp3) is 0.286. The highest BCUT2D eigenvalue weighted by Crippen LogP contribution is 2.35. The first kappa shape index (κ1) is 15.0. The minimum Gasteiger partial charge on any atom is -0.358 e. The third-order valence-electron chi connectivity index (χ3n) is 5.15. The zero-order valence-corrected chi connectivity index (χ0v) is 14.0. The highest BCUT2D eigenvalue weighted by atomic mass is 16.2. The minimum absolute atomic E-state index is 0.157. The zero-order valence-electron chi connectivity index (χ0n) is 14.0. The molecule has 1 aliphatic rings. The number of nitrogens with one attached hydrogen (secondary N) is 1. The van der Waals surface area contributed by atoms with Crippen LogP contribution in [0.1, 0.15) is 40.4 Å². The van der Waals surface area contributed by atoms with Crippen LogP contribution in [0.25, 0.3) is 10.9 Å². The van der Waals surface area contributed by atoms with E-state index < -0.39 is 0 Å². The van der Waals surface area contributed by atoms with Crippen molar-refractivity contribution in [3.63, 3.8) is 0 Å². The summed E-state index contributed by atoms with van der Waals surface area (Å²) in [5.74, 6) is 0.686. The summed E-state index contributed by atoms with van der Waals surface area (Å²) in [6.07, 6.45) is 2.06. The smallest absolute Gasteiger partial charge is 0.253 e. The monoisotopic (exact) mass is 318 g/mol. The van der Waals surface area contributed by atoms with Gasteiger partial charge in [-0.25, -0.2) is 0 Å². The van der Waals surface area contributed by atoms with E-state index in [1.54, 1.807) is 0 Å². The number of carbonyl (C=O) groups excluding carboxylic acids is 1. The Morgan fingerprint density at radius 3 is 2.42 bits per heavy atom. The van der Waals surface area contributed by atoms with Gasteiger partial charge in [-0.3, -0.25) is 4.79 Å². The number of rotatable bonds is 2. The molecule has 1 aliphatic heterocycles. The van der Waals surface area contributed by atoms with Crippen LogP contribution in [0.2, 0.25) is 0 Å². The molecular weight excluding hydrogens is 296 g/mol. The average Bonchev–Trinajstić information content (AvgIpc) is 2.98. The SMILES string of the molecule is Cc1[nH]c2ccccc2c1C1CCN(C(=O)c2ccccc2)CC1. The van der Waals surface area contributed by atoms with Crippen LogP contribution in [0.15, 0.2) is 54.6 Å². The molecular formula is C21H22N2O. The maximum Gasteiger partial charge on any atom is 0.253 e. The van der Waals surface area contributed by atoms with Crippen LogP contribution in [0.4, 0.5) is 0 Å². The van der Waals surface area contributed by atoms with Gasteiger partial charge in [0.15, 0.2) is 0 Å². The molecule has 1 amide bonds. The number of aromatic nitrogens is 1. The van der Waals surface area contributed by atoms with E-state index in [4.69, 9.17) is 0 Å². The lowest BCUT2D eigenvalue weighted by molar-refractivity contribution is 0.0713. The molecule has 2 aromatic carbocycles. The van der Waals surface area contributed by atoms with Crippen LogP contribution < -0.4 is 0 Å². The van der Waals surface area contributed by atoms with Gasteiger partial charge in [-0.05, 0) is 49.4 Å². The standard InChI is InChI=1S/C21H22N2O/c1-15-20(18-9-5-6-10-19(18)22-15)16-11-13-23(14-12-16)21(24)17-7-3-2-4-8-17/h2-10,16,22H,11-14H2,1H3. The maximum absolute atomic E-state index is 12.6. The van der Waals surface area contributed by atoms with E-state index in [2.05, 4.69) is 36.2 Å². The molecule has 0 spiro atoms. The summed E-state index contributed by atoms with van der Waals surface area (Å²) in [5, 5.41) is 1.34. The van der Waals surface area contributed by atoms with E-state index in [0.717, 1.165) is 31.5 Å². The first-order valence-corrected chi connectivity index (χ1v) is 8.65. The summed E-state index contributed by atoms with van der Waals surface area (Å²) in [6.45, 7) is 3.82. The molecule has 24 heavy (non-hydrogen) atoms. The number of H-pyrrole nitrogens is 1. The fourth-order valence-corrected chi connectivity index (χ4v) is 3.96. The van der Waals surface area contributed by atoms with Gasteiger partial charge in [0.05, 0.1) is 0 Å². The van der Waals surface area contributed by atoms with Crippen molar-refractivity contribution >= 4 is 16.8 Å². The normalized spacial score (nSPS) is 15.8. The molecule has 122 valence electrons. The summed E-state index contributed by atoms with van der Waals surface area (Å²) < 4.78 is 0. The van der Waals surface area contributed by atoms with E-state index in [0.29, 0.717) is 5.92 Å². The summed E-state index contributed by atoms with van der Waals surface area (Å²) in [6, 6.07) is 18.1. The highest BCUT2D eigenvalue weighted by Gasteiger charge is 2.27. The van der Waals surface area contributed by atoms with Crippen LogP contribution in [0.3, 0.4) is 0 Å². The molecule has 2 heterocycles. The topological polar surface area (TPSA) is 36.1 Å². The van der Waals surface area contributed by atoms with Crippen LogP contribution in [-0.4, -0.2) is 28.9 Å². The zero-order chi connectivity index (χ0) is 16.5. The van der Waals surface area contributed by atoms with Crippen LogP contribution in [-0.2, 0) is 0 Å². The van der Waals surface area contributed by atoms with Crippen molar-refractivity contribution in [1.29, 1.82) is 0 Å². The molecule has 0 atom stereocenters. The molecule has 0 radical (unpaired) electrons. The molecule has 4 rings (SSSR count). The Kier molecular flexibility index (Phi) is 3.85. The van der Waals surface area contributed by atoms with Gasteiger partial charge in [0.25, 0.3) is 5.91 Å². The number of aromatic amines is 1. The minimum atomic E-state index is 0.157. The lowest BCUT2D eigenvalue weighted by atomic mass is 9.87. The highest BCUT2D eigenvalue weighted by molar-refractivity contribution is 5.94. The fourth-order valence-electron chi connectivity index (χ4n) is 3.96. The van der Waals surface area contributed by atoms with Crippen molar-refractivity contribution in [1.82, 2.24) is 9.88 Å².